The van der Waals surface area contributed by atoms with Crippen LogP contribution in [0.4, 0.5) is 4.39 Å². The number of halogens is 2. The Morgan fingerprint density at radius 3 is 2.67 bits per heavy atom. The van der Waals surface area contributed by atoms with Gasteiger partial charge >= 0.3 is 0 Å². The van der Waals surface area contributed by atoms with Crippen LogP contribution in [0.3, 0.4) is 0 Å². The summed E-state index contributed by atoms with van der Waals surface area (Å²) in [7, 11) is 0. The van der Waals surface area contributed by atoms with Gasteiger partial charge in [0, 0.05) is 11.4 Å². The van der Waals surface area contributed by atoms with E-state index in [1.807, 2.05) is 0 Å². The van der Waals surface area contributed by atoms with Crippen LogP contribution in [0.15, 0.2) is 18.2 Å². The van der Waals surface area contributed by atoms with Crippen LogP contribution in [0.5, 0.6) is 0 Å². The van der Waals surface area contributed by atoms with Gasteiger partial charge in [0.1, 0.15) is 5.82 Å². The zero-order valence-corrected chi connectivity index (χ0v) is 12.6. The molecule has 1 unspecified atom stereocenters. The number of carbonyl (C=O) groups is 1. The minimum absolute atomic E-state index is 0.102. The summed E-state index contributed by atoms with van der Waals surface area (Å²) < 4.78 is 13.6. The molecule has 0 spiro atoms. The lowest BCUT2D eigenvalue weighted by atomic mass is 10.1. The molecule has 0 aromatic heterocycles. The van der Waals surface area contributed by atoms with Crippen LogP contribution in [0, 0.1) is 18.7 Å². The monoisotopic (exact) mass is 315 g/mol. The summed E-state index contributed by atoms with van der Waals surface area (Å²) in [4.78, 5) is 12.0. The van der Waals surface area contributed by atoms with Gasteiger partial charge in [0.25, 0.3) is 5.91 Å². The summed E-state index contributed by atoms with van der Waals surface area (Å²) in [5.41, 5.74) is 0.909. The highest BCUT2D eigenvalue weighted by atomic mass is 79.9. The molecule has 0 aliphatic rings. The molecule has 1 aromatic carbocycles. The summed E-state index contributed by atoms with van der Waals surface area (Å²) >= 11 is 3.50. The first kappa shape index (κ1) is 15.2. The third-order valence-corrected chi connectivity index (χ3v) is 3.28. The Morgan fingerprint density at radius 2 is 2.11 bits per heavy atom. The fourth-order valence-corrected chi connectivity index (χ4v) is 2.61. The zero-order chi connectivity index (χ0) is 13.7. The Bertz CT molecular complexity index is 420. The number of hydrogen-bond donors (Lipinski definition) is 1. The lowest BCUT2D eigenvalue weighted by Crippen LogP contribution is -2.30. The third-order valence-electron chi connectivity index (χ3n) is 2.58. The van der Waals surface area contributed by atoms with E-state index in [4.69, 9.17) is 0 Å². The maximum Gasteiger partial charge on any atom is 0.254 e. The molecule has 1 amide bonds. The van der Waals surface area contributed by atoms with Crippen molar-refractivity contribution in [2.45, 2.75) is 32.0 Å². The number of hydrogen-bond acceptors (Lipinski definition) is 1. The standard InChI is InChI=1S/C14H19BrFNO/c1-9(2)6-11(15)8-17-14(18)12-5-4-10(3)7-13(12)16/h4-5,7,9,11H,6,8H2,1-3H3,(H,17,18). The molecule has 2 nitrogen and oxygen atoms in total. The lowest BCUT2D eigenvalue weighted by molar-refractivity contribution is 0.0949. The minimum Gasteiger partial charge on any atom is -0.351 e. The summed E-state index contributed by atoms with van der Waals surface area (Å²) in [5, 5.41) is 2.74. The van der Waals surface area contributed by atoms with Crippen LogP contribution in [-0.2, 0) is 0 Å². The molecule has 18 heavy (non-hydrogen) atoms. The summed E-state index contributed by atoms with van der Waals surface area (Å²) in [5.74, 6) is -0.273. The minimum atomic E-state index is -0.470. The lowest BCUT2D eigenvalue weighted by Gasteiger charge is -2.13. The van der Waals surface area contributed by atoms with Crippen molar-refractivity contribution in [3.8, 4) is 0 Å². The molecular formula is C14H19BrFNO. The van der Waals surface area contributed by atoms with E-state index in [0.717, 1.165) is 12.0 Å². The van der Waals surface area contributed by atoms with E-state index >= 15 is 0 Å². The van der Waals surface area contributed by atoms with Gasteiger partial charge in [-0.15, -0.1) is 0 Å². The Balaban J connectivity index is 2.55. The van der Waals surface area contributed by atoms with Gasteiger partial charge in [-0.25, -0.2) is 4.39 Å². The predicted molar refractivity (Wildman–Crippen MR) is 75.6 cm³/mol. The van der Waals surface area contributed by atoms with Crippen molar-refractivity contribution >= 4 is 21.8 Å². The zero-order valence-electron chi connectivity index (χ0n) is 11.0. The molecule has 100 valence electrons. The topological polar surface area (TPSA) is 29.1 Å². The number of amides is 1. The molecule has 0 aliphatic carbocycles. The Hall–Kier alpha value is -0.900. The van der Waals surface area contributed by atoms with E-state index < -0.39 is 5.82 Å². The van der Waals surface area contributed by atoms with Crippen LogP contribution in [-0.4, -0.2) is 17.3 Å². The molecule has 4 heteroatoms. The second-order valence-corrected chi connectivity index (χ2v) is 6.22. The second-order valence-electron chi connectivity index (χ2n) is 4.92. The number of carbonyl (C=O) groups excluding carboxylic acids is 1. The SMILES string of the molecule is Cc1ccc(C(=O)NCC(Br)CC(C)C)c(F)c1. The molecule has 0 saturated carbocycles. The normalized spacial score (nSPS) is 12.6. The van der Waals surface area contributed by atoms with Gasteiger partial charge in [0.2, 0.25) is 0 Å². The number of rotatable bonds is 5. The molecule has 0 radical (unpaired) electrons. The number of alkyl halides is 1. The van der Waals surface area contributed by atoms with E-state index in [1.54, 1.807) is 13.0 Å². The molecule has 0 bridgehead atoms. The maximum absolute atomic E-state index is 13.6. The summed E-state index contributed by atoms with van der Waals surface area (Å²) in [6.07, 6.45) is 0.969. The molecule has 1 rings (SSSR count). The number of nitrogens with one attached hydrogen (secondary N) is 1. The largest absolute Gasteiger partial charge is 0.351 e. The van der Waals surface area contributed by atoms with Crippen molar-refractivity contribution in [3.05, 3.63) is 35.1 Å². The van der Waals surface area contributed by atoms with Crippen molar-refractivity contribution in [2.75, 3.05) is 6.54 Å². The van der Waals surface area contributed by atoms with Crippen LogP contribution < -0.4 is 5.32 Å². The Kier molecular flexibility index (Phi) is 5.79. The predicted octanol–water partition coefficient (Wildman–Crippen LogP) is 3.67. The first-order chi connectivity index (χ1) is 8.40. The molecule has 1 atom stereocenters. The first-order valence-corrected chi connectivity index (χ1v) is 7.00. The van der Waals surface area contributed by atoms with E-state index in [9.17, 15) is 9.18 Å². The first-order valence-electron chi connectivity index (χ1n) is 6.08. The van der Waals surface area contributed by atoms with E-state index in [2.05, 4.69) is 35.1 Å². The van der Waals surface area contributed by atoms with Crippen molar-refractivity contribution in [1.82, 2.24) is 5.32 Å². The molecule has 0 fully saturated rings. The Labute approximate surface area is 116 Å². The number of benzene rings is 1. The summed E-state index contributed by atoms with van der Waals surface area (Å²) in [6, 6.07) is 4.62. The molecule has 1 aromatic rings. The fourth-order valence-electron chi connectivity index (χ4n) is 1.70. The van der Waals surface area contributed by atoms with Crippen molar-refractivity contribution in [3.63, 3.8) is 0 Å². The third kappa shape index (κ3) is 4.77. The van der Waals surface area contributed by atoms with E-state index in [-0.39, 0.29) is 16.3 Å². The molecular weight excluding hydrogens is 297 g/mol. The second kappa shape index (κ2) is 6.88. The van der Waals surface area contributed by atoms with E-state index in [1.165, 1.54) is 12.1 Å². The van der Waals surface area contributed by atoms with Crippen LogP contribution in [0.1, 0.15) is 36.2 Å². The number of aryl methyl sites for hydroxylation is 1. The van der Waals surface area contributed by atoms with Crippen LogP contribution in [0.25, 0.3) is 0 Å². The van der Waals surface area contributed by atoms with Gasteiger partial charge in [-0.3, -0.25) is 4.79 Å². The van der Waals surface area contributed by atoms with Gasteiger partial charge in [-0.05, 0) is 37.0 Å². The van der Waals surface area contributed by atoms with Gasteiger partial charge in [-0.2, -0.15) is 0 Å². The molecule has 0 aliphatic heterocycles. The van der Waals surface area contributed by atoms with Crippen LogP contribution in [0.2, 0.25) is 0 Å². The van der Waals surface area contributed by atoms with Crippen LogP contribution >= 0.6 is 15.9 Å². The highest BCUT2D eigenvalue weighted by Crippen LogP contribution is 2.13. The molecule has 0 saturated heterocycles. The molecule has 1 N–H and O–H groups in total. The fraction of sp³-hybridized carbons (Fsp3) is 0.500. The van der Waals surface area contributed by atoms with Gasteiger partial charge in [0.05, 0.1) is 5.56 Å². The quantitative estimate of drug-likeness (QED) is 0.825. The average Bonchev–Trinajstić information content (AvgIpc) is 2.25. The highest BCUT2D eigenvalue weighted by Gasteiger charge is 2.13. The van der Waals surface area contributed by atoms with E-state index in [0.29, 0.717) is 12.5 Å². The maximum atomic E-state index is 13.6. The highest BCUT2D eigenvalue weighted by molar-refractivity contribution is 9.09. The Morgan fingerprint density at radius 1 is 1.44 bits per heavy atom. The summed E-state index contributed by atoms with van der Waals surface area (Å²) in [6.45, 7) is 6.54. The van der Waals surface area contributed by atoms with Crippen molar-refractivity contribution in [1.29, 1.82) is 0 Å². The van der Waals surface area contributed by atoms with Crippen molar-refractivity contribution in [2.24, 2.45) is 5.92 Å². The van der Waals surface area contributed by atoms with Gasteiger partial charge in [0.15, 0.2) is 0 Å². The van der Waals surface area contributed by atoms with Crippen molar-refractivity contribution < 1.29 is 9.18 Å². The van der Waals surface area contributed by atoms with Gasteiger partial charge < -0.3 is 5.32 Å². The van der Waals surface area contributed by atoms with Gasteiger partial charge in [-0.1, -0.05) is 35.8 Å². The average molecular weight is 316 g/mol. The smallest absolute Gasteiger partial charge is 0.254 e. The molecule has 0 heterocycles.